The Hall–Kier alpha value is -2.54. The zero-order chi connectivity index (χ0) is 24.2. The fraction of sp³-hybridized carbons (Fsp3) is 0.615. The molecule has 1 atom stereocenters. The normalized spacial score (nSPS) is 12.2. The number of furan rings is 1. The Kier molecular flexibility index (Phi) is 11.2. The van der Waals surface area contributed by atoms with E-state index in [1.165, 1.54) is 0 Å². The quantitative estimate of drug-likeness (QED) is 0.426. The molecule has 2 heterocycles. The highest BCUT2D eigenvalue weighted by Gasteiger charge is 2.16. The summed E-state index contributed by atoms with van der Waals surface area (Å²) in [5.41, 5.74) is 1.05. The molecule has 0 radical (unpaired) electrons. The summed E-state index contributed by atoms with van der Waals surface area (Å²) in [6.07, 6.45) is 5.41. The minimum Gasteiger partial charge on any atom is -0.454 e. The standard InChI is InChI=1S/C26H42N4O3/c1-6-16-30(25(31)7-2)19-22-13-11-18-29(22)20-23-14-15-24(33-23)26(32)27-21(5)12-10-17-28(8-3)9-4/h11,13-15,18,21H,6-10,12,16-17,19-20H2,1-5H3,(H,27,32). The molecule has 0 fully saturated rings. The van der Waals surface area contributed by atoms with Crippen molar-refractivity contribution in [2.45, 2.75) is 79.4 Å². The van der Waals surface area contributed by atoms with Crippen molar-refractivity contribution in [1.29, 1.82) is 0 Å². The molecule has 1 N–H and O–H groups in total. The van der Waals surface area contributed by atoms with E-state index in [1.807, 2.05) is 43.1 Å². The van der Waals surface area contributed by atoms with Gasteiger partial charge in [0, 0.05) is 30.9 Å². The maximum absolute atomic E-state index is 12.6. The summed E-state index contributed by atoms with van der Waals surface area (Å²) < 4.78 is 7.92. The Bertz CT molecular complexity index is 853. The highest BCUT2D eigenvalue weighted by atomic mass is 16.4. The SMILES string of the molecule is CCCN(Cc1cccn1Cc1ccc(C(=O)NC(C)CCCN(CC)CC)o1)C(=O)CC. The molecule has 184 valence electrons. The molecule has 0 aliphatic rings. The molecular formula is C26H42N4O3. The Balaban J connectivity index is 1.91. The Morgan fingerprint density at radius 2 is 1.85 bits per heavy atom. The zero-order valence-electron chi connectivity index (χ0n) is 21.1. The first-order valence-corrected chi connectivity index (χ1v) is 12.4. The Morgan fingerprint density at radius 1 is 1.09 bits per heavy atom. The second kappa shape index (κ2) is 13.9. The first-order chi connectivity index (χ1) is 15.9. The van der Waals surface area contributed by atoms with Gasteiger partial charge in [0.1, 0.15) is 5.76 Å². The lowest BCUT2D eigenvalue weighted by Crippen LogP contribution is -2.33. The number of hydrogen-bond donors (Lipinski definition) is 1. The summed E-state index contributed by atoms with van der Waals surface area (Å²) in [4.78, 5) is 29.1. The summed E-state index contributed by atoms with van der Waals surface area (Å²) in [7, 11) is 0. The van der Waals surface area contributed by atoms with Crippen LogP contribution in [0.25, 0.3) is 0 Å². The van der Waals surface area contributed by atoms with Crippen molar-refractivity contribution in [2.75, 3.05) is 26.2 Å². The smallest absolute Gasteiger partial charge is 0.287 e. The van der Waals surface area contributed by atoms with Crippen LogP contribution in [0.5, 0.6) is 0 Å². The molecule has 0 bridgehead atoms. The van der Waals surface area contributed by atoms with Crippen molar-refractivity contribution in [3.05, 3.63) is 47.7 Å². The van der Waals surface area contributed by atoms with E-state index in [-0.39, 0.29) is 17.9 Å². The van der Waals surface area contributed by atoms with Gasteiger partial charge in [-0.05, 0) is 70.1 Å². The van der Waals surface area contributed by atoms with Crippen molar-refractivity contribution >= 4 is 11.8 Å². The Morgan fingerprint density at radius 3 is 2.52 bits per heavy atom. The summed E-state index contributed by atoms with van der Waals surface area (Å²) >= 11 is 0. The van der Waals surface area contributed by atoms with Crippen LogP contribution in [0.2, 0.25) is 0 Å². The Labute approximate surface area is 199 Å². The number of rotatable bonds is 15. The lowest BCUT2D eigenvalue weighted by molar-refractivity contribution is -0.131. The first kappa shape index (κ1) is 26.7. The first-order valence-electron chi connectivity index (χ1n) is 12.4. The van der Waals surface area contributed by atoms with E-state index in [0.29, 0.717) is 25.3 Å². The van der Waals surface area contributed by atoms with Crippen LogP contribution in [0.15, 0.2) is 34.9 Å². The fourth-order valence-corrected chi connectivity index (χ4v) is 4.01. The molecule has 2 aromatic rings. The van der Waals surface area contributed by atoms with E-state index in [9.17, 15) is 9.59 Å². The number of aromatic nitrogens is 1. The van der Waals surface area contributed by atoms with Gasteiger partial charge in [-0.3, -0.25) is 9.59 Å². The molecule has 7 heteroatoms. The van der Waals surface area contributed by atoms with E-state index in [2.05, 4.69) is 35.6 Å². The number of nitrogens with zero attached hydrogens (tertiary/aromatic N) is 3. The molecule has 0 saturated heterocycles. The molecule has 0 spiro atoms. The van der Waals surface area contributed by atoms with Crippen LogP contribution >= 0.6 is 0 Å². The van der Waals surface area contributed by atoms with Crippen molar-refractivity contribution < 1.29 is 14.0 Å². The molecule has 33 heavy (non-hydrogen) atoms. The minimum absolute atomic E-state index is 0.0957. The molecule has 2 aromatic heterocycles. The van der Waals surface area contributed by atoms with Gasteiger partial charge in [0.15, 0.2) is 5.76 Å². The van der Waals surface area contributed by atoms with Gasteiger partial charge in [0.2, 0.25) is 5.91 Å². The lowest BCUT2D eigenvalue weighted by Gasteiger charge is -2.22. The summed E-state index contributed by atoms with van der Waals surface area (Å²) in [5.74, 6) is 1.04. The third kappa shape index (κ3) is 8.39. The van der Waals surface area contributed by atoms with Crippen molar-refractivity contribution in [3.8, 4) is 0 Å². The van der Waals surface area contributed by atoms with E-state index < -0.39 is 0 Å². The molecule has 0 aliphatic heterocycles. The van der Waals surface area contributed by atoms with Crippen LogP contribution in [-0.2, 0) is 17.9 Å². The van der Waals surface area contributed by atoms with Crippen LogP contribution in [-0.4, -0.2) is 58.4 Å². The second-order valence-corrected chi connectivity index (χ2v) is 8.61. The lowest BCUT2D eigenvalue weighted by atomic mass is 10.1. The maximum atomic E-state index is 12.6. The van der Waals surface area contributed by atoms with Crippen LogP contribution in [0.4, 0.5) is 0 Å². The van der Waals surface area contributed by atoms with E-state index in [4.69, 9.17) is 4.42 Å². The van der Waals surface area contributed by atoms with Crippen LogP contribution in [0.1, 0.15) is 82.3 Å². The summed E-state index contributed by atoms with van der Waals surface area (Å²) in [6, 6.07) is 7.69. The van der Waals surface area contributed by atoms with Gasteiger partial charge in [0.05, 0.1) is 13.1 Å². The molecular weight excluding hydrogens is 416 g/mol. The van der Waals surface area contributed by atoms with Gasteiger partial charge in [-0.2, -0.15) is 0 Å². The van der Waals surface area contributed by atoms with Crippen molar-refractivity contribution in [1.82, 2.24) is 19.7 Å². The largest absolute Gasteiger partial charge is 0.454 e. The van der Waals surface area contributed by atoms with Gasteiger partial charge in [0.25, 0.3) is 5.91 Å². The molecule has 0 aromatic carbocycles. The number of hydrogen-bond acceptors (Lipinski definition) is 4. The fourth-order valence-electron chi connectivity index (χ4n) is 4.01. The van der Waals surface area contributed by atoms with Crippen LogP contribution < -0.4 is 5.32 Å². The number of amides is 2. The molecule has 0 saturated carbocycles. The van der Waals surface area contributed by atoms with Gasteiger partial charge in [-0.25, -0.2) is 0 Å². The van der Waals surface area contributed by atoms with E-state index in [1.54, 1.807) is 6.07 Å². The topological polar surface area (TPSA) is 70.7 Å². The number of carbonyl (C=O) groups excluding carboxylic acids is 2. The van der Waals surface area contributed by atoms with Gasteiger partial charge in [-0.1, -0.05) is 27.7 Å². The van der Waals surface area contributed by atoms with Crippen LogP contribution in [0, 0.1) is 0 Å². The minimum atomic E-state index is -0.174. The summed E-state index contributed by atoms with van der Waals surface area (Å²) in [5, 5.41) is 3.05. The predicted octanol–water partition coefficient (Wildman–Crippen LogP) is 4.52. The summed E-state index contributed by atoms with van der Waals surface area (Å²) in [6.45, 7) is 15.4. The van der Waals surface area contributed by atoms with Crippen molar-refractivity contribution in [2.24, 2.45) is 0 Å². The highest BCUT2D eigenvalue weighted by Crippen LogP contribution is 2.15. The van der Waals surface area contributed by atoms with E-state index >= 15 is 0 Å². The molecule has 0 aliphatic carbocycles. The maximum Gasteiger partial charge on any atom is 0.287 e. The van der Waals surface area contributed by atoms with Gasteiger partial charge < -0.3 is 24.1 Å². The zero-order valence-corrected chi connectivity index (χ0v) is 21.1. The molecule has 7 nitrogen and oxygen atoms in total. The highest BCUT2D eigenvalue weighted by molar-refractivity contribution is 5.91. The third-order valence-electron chi connectivity index (χ3n) is 6.02. The number of carbonyl (C=O) groups is 2. The van der Waals surface area contributed by atoms with Gasteiger partial charge >= 0.3 is 0 Å². The van der Waals surface area contributed by atoms with Crippen molar-refractivity contribution in [3.63, 3.8) is 0 Å². The molecule has 2 rings (SSSR count). The average molecular weight is 459 g/mol. The molecule has 1 unspecified atom stereocenters. The second-order valence-electron chi connectivity index (χ2n) is 8.61. The number of nitrogens with one attached hydrogen (secondary N) is 1. The average Bonchev–Trinajstić information content (AvgIpc) is 3.46. The van der Waals surface area contributed by atoms with Crippen LogP contribution in [0.3, 0.4) is 0 Å². The van der Waals surface area contributed by atoms with Gasteiger partial charge in [-0.15, -0.1) is 0 Å². The molecule has 2 amide bonds. The van der Waals surface area contributed by atoms with E-state index in [0.717, 1.165) is 56.9 Å². The predicted molar refractivity (Wildman–Crippen MR) is 132 cm³/mol. The third-order valence-corrected chi connectivity index (χ3v) is 6.02. The monoisotopic (exact) mass is 458 g/mol.